The SMILES string of the molecule is CN(CC(=O)O)C(=O)c1ccccc1/C=C/[C]=O. The van der Waals surface area contributed by atoms with E-state index in [0.717, 1.165) is 11.0 Å². The van der Waals surface area contributed by atoms with Crippen molar-refractivity contribution >= 4 is 24.2 Å². The number of carboxylic acid groups (broad SMARTS) is 1. The van der Waals surface area contributed by atoms with Crippen molar-refractivity contribution in [3.05, 3.63) is 41.5 Å². The smallest absolute Gasteiger partial charge is 0.323 e. The van der Waals surface area contributed by atoms with Gasteiger partial charge in [0.25, 0.3) is 5.91 Å². The van der Waals surface area contributed by atoms with Crippen molar-refractivity contribution in [1.29, 1.82) is 0 Å². The molecule has 1 aromatic rings. The van der Waals surface area contributed by atoms with Crippen LogP contribution in [-0.2, 0) is 9.59 Å². The third-order valence-electron chi connectivity index (χ3n) is 2.24. The summed E-state index contributed by atoms with van der Waals surface area (Å²) >= 11 is 0. The fourth-order valence-electron chi connectivity index (χ4n) is 1.44. The molecule has 0 aliphatic heterocycles. The van der Waals surface area contributed by atoms with E-state index in [0.29, 0.717) is 11.1 Å². The van der Waals surface area contributed by atoms with Crippen molar-refractivity contribution in [2.75, 3.05) is 13.6 Å². The summed E-state index contributed by atoms with van der Waals surface area (Å²) in [5, 5.41) is 8.63. The Balaban J connectivity index is 3.01. The Morgan fingerprint density at radius 1 is 1.39 bits per heavy atom. The Hall–Kier alpha value is -2.43. The molecule has 5 heteroatoms. The number of nitrogens with zero attached hydrogens (tertiary/aromatic N) is 1. The summed E-state index contributed by atoms with van der Waals surface area (Å²) in [6.45, 7) is -0.378. The second-order valence-corrected chi connectivity index (χ2v) is 3.59. The Morgan fingerprint density at radius 3 is 2.67 bits per heavy atom. The zero-order valence-corrected chi connectivity index (χ0v) is 9.79. The van der Waals surface area contributed by atoms with Gasteiger partial charge in [0, 0.05) is 12.6 Å². The highest BCUT2D eigenvalue weighted by Crippen LogP contribution is 2.12. The molecule has 1 rings (SSSR count). The van der Waals surface area contributed by atoms with Gasteiger partial charge < -0.3 is 10.0 Å². The number of carbonyl (C=O) groups excluding carboxylic acids is 2. The van der Waals surface area contributed by atoms with Crippen LogP contribution in [0, 0.1) is 0 Å². The summed E-state index contributed by atoms with van der Waals surface area (Å²) in [6.07, 6.45) is 4.20. The molecule has 93 valence electrons. The number of aliphatic carboxylic acids is 1. The van der Waals surface area contributed by atoms with Crippen molar-refractivity contribution in [2.45, 2.75) is 0 Å². The minimum absolute atomic E-state index is 0.341. The number of hydrogen-bond acceptors (Lipinski definition) is 3. The molecule has 0 aliphatic carbocycles. The van der Waals surface area contributed by atoms with Crippen molar-refractivity contribution in [3.8, 4) is 0 Å². The first kappa shape index (κ1) is 13.6. The van der Waals surface area contributed by atoms with Crippen molar-refractivity contribution in [1.82, 2.24) is 4.90 Å². The Morgan fingerprint density at radius 2 is 2.06 bits per heavy atom. The molecule has 0 spiro atoms. The summed E-state index contributed by atoms with van der Waals surface area (Å²) in [6, 6.07) is 6.63. The maximum Gasteiger partial charge on any atom is 0.323 e. The van der Waals surface area contributed by atoms with E-state index in [9.17, 15) is 14.4 Å². The second kappa shape index (κ2) is 6.34. The molecular formula is C13H12NO4. The quantitative estimate of drug-likeness (QED) is 0.785. The van der Waals surface area contributed by atoms with E-state index in [-0.39, 0.29) is 6.54 Å². The molecule has 0 aromatic heterocycles. The largest absolute Gasteiger partial charge is 0.480 e. The summed E-state index contributed by atoms with van der Waals surface area (Å²) in [4.78, 5) is 33.8. The minimum atomic E-state index is -1.08. The molecular weight excluding hydrogens is 234 g/mol. The molecule has 0 bridgehead atoms. The van der Waals surface area contributed by atoms with Crippen LogP contribution < -0.4 is 0 Å². The van der Waals surface area contributed by atoms with Crippen LogP contribution in [0.4, 0.5) is 0 Å². The third kappa shape index (κ3) is 3.55. The zero-order valence-electron chi connectivity index (χ0n) is 9.79. The van der Waals surface area contributed by atoms with Gasteiger partial charge in [0.15, 0.2) is 0 Å². The maximum absolute atomic E-state index is 12.0. The molecule has 1 amide bonds. The lowest BCUT2D eigenvalue weighted by Gasteiger charge is -2.15. The normalized spacial score (nSPS) is 10.3. The Kier molecular flexibility index (Phi) is 4.80. The van der Waals surface area contributed by atoms with Crippen LogP contribution in [0.25, 0.3) is 6.08 Å². The molecule has 0 unspecified atom stereocenters. The summed E-state index contributed by atoms with van der Waals surface area (Å²) in [5.41, 5.74) is 0.885. The predicted octanol–water partition coefficient (Wildman–Crippen LogP) is 0.966. The first-order chi connectivity index (χ1) is 8.56. The van der Waals surface area contributed by atoms with Gasteiger partial charge in [0.05, 0.1) is 0 Å². The monoisotopic (exact) mass is 246 g/mol. The molecule has 5 nitrogen and oxygen atoms in total. The molecule has 0 atom stereocenters. The summed E-state index contributed by atoms with van der Waals surface area (Å²) in [7, 11) is 1.41. The number of benzene rings is 1. The number of allylic oxidation sites excluding steroid dienone is 1. The van der Waals surface area contributed by atoms with E-state index in [2.05, 4.69) is 0 Å². The zero-order chi connectivity index (χ0) is 13.5. The molecule has 0 saturated heterocycles. The molecule has 1 aromatic carbocycles. The van der Waals surface area contributed by atoms with Crippen LogP contribution in [0.1, 0.15) is 15.9 Å². The highest BCUT2D eigenvalue weighted by Gasteiger charge is 2.16. The molecule has 0 heterocycles. The van der Waals surface area contributed by atoms with Crippen LogP contribution in [0.2, 0.25) is 0 Å². The Bertz CT molecular complexity index is 494. The van der Waals surface area contributed by atoms with Gasteiger partial charge in [-0.05, 0) is 17.7 Å². The van der Waals surface area contributed by atoms with Gasteiger partial charge >= 0.3 is 5.97 Å². The number of carbonyl (C=O) groups is 2. The Labute approximate surface area is 104 Å². The highest BCUT2D eigenvalue weighted by atomic mass is 16.4. The molecule has 18 heavy (non-hydrogen) atoms. The average Bonchev–Trinajstić information content (AvgIpc) is 2.35. The molecule has 0 aliphatic rings. The van der Waals surface area contributed by atoms with Crippen LogP contribution in [0.5, 0.6) is 0 Å². The van der Waals surface area contributed by atoms with Gasteiger partial charge in [-0.2, -0.15) is 0 Å². The van der Waals surface area contributed by atoms with E-state index in [1.54, 1.807) is 30.6 Å². The van der Waals surface area contributed by atoms with Crippen molar-refractivity contribution < 1.29 is 19.5 Å². The predicted molar refractivity (Wildman–Crippen MR) is 65.8 cm³/mol. The van der Waals surface area contributed by atoms with E-state index in [4.69, 9.17) is 5.11 Å². The standard InChI is InChI=1S/C13H12NO4/c1-14(9-12(16)17)13(18)11-7-3-2-5-10(11)6-4-8-15/h2-7H,9H2,1H3,(H,16,17)/b6-4+. The first-order valence-electron chi connectivity index (χ1n) is 5.16. The van der Waals surface area contributed by atoms with Gasteiger partial charge in [0.1, 0.15) is 6.54 Å². The second-order valence-electron chi connectivity index (χ2n) is 3.59. The van der Waals surface area contributed by atoms with E-state index in [1.807, 2.05) is 0 Å². The van der Waals surface area contributed by atoms with Crippen molar-refractivity contribution in [2.24, 2.45) is 0 Å². The van der Waals surface area contributed by atoms with Crippen molar-refractivity contribution in [3.63, 3.8) is 0 Å². The fraction of sp³-hybridized carbons (Fsp3) is 0.154. The molecule has 0 saturated carbocycles. The number of carboxylic acids is 1. The van der Waals surface area contributed by atoms with Gasteiger partial charge in [-0.25, -0.2) is 0 Å². The first-order valence-corrected chi connectivity index (χ1v) is 5.16. The van der Waals surface area contributed by atoms with Gasteiger partial charge in [-0.15, -0.1) is 0 Å². The number of amides is 1. The van der Waals surface area contributed by atoms with E-state index < -0.39 is 11.9 Å². The van der Waals surface area contributed by atoms with Crippen LogP contribution >= 0.6 is 0 Å². The average molecular weight is 246 g/mol. The lowest BCUT2D eigenvalue weighted by molar-refractivity contribution is -0.137. The van der Waals surface area contributed by atoms with Crippen LogP contribution in [0.3, 0.4) is 0 Å². The topological polar surface area (TPSA) is 74.7 Å². The lowest BCUT2D eigenvalue weighted by atomic mass is 10.1. The third-order valence-corrected chi connectivity index (χ3v) is 2.24. The van der Waals surface area contributed by atoms with Gasteiger partial charge in [-0.3, -0.25) is 14.4 Å². The summed E-state index contributed by atoms with van der Waals surface area (Å²) in [5.74, 6) is -1.50. The van der Waals surface area contributed by atoms with Gasteiger partial charge in [-0.1, -0.05) is 24.3 Å². The molecule has 1 radical (unpaired) electrons. The van der Waals surface area contributed by atoms with Gasteiger partial charge in [0.2, 0.25) is 6.29 Å². The van der Waals surface area contributed by atoms with E-state index in [1.165, 1.54) is 13.1 Å². The lowest BCUT2D eigenvalue weighted by Crippen LogP contribution is -2.32. The summed E-state index contributed by atoms with van der Waals surface area (Å²) < 4.78 is 0. The molecule has 1 N–H and O–H groups in total. The molecule has 0 fully saturated rings. The fourth-order valence-corrected chi connectivity index (χ4v) is 1.44. The maximum atomic E-state index is 12.0. The number of likely N-dealkylation sites (N-methyl/N-ethyl adjacent to an activating group) is 1. The highest BCUT2D eigenvalue weighted by molar-refractivity contribution is 5.99. The number of hydrogen-bond donors (Lipinski definition) is 1. The van der Waals surface area contributed by atoms with Crippen LogP contribution in [-0.4, -0.2) is 41.8 Å². The number of rotatable bonds is 5. The minimum Gasteiger partial charge on any atom is -0.480 e. The van der Waals surface area contributed by atoms with E-state index >= 15 is 0 Å². The van der Waals surface area contributed by atoms with Crippen LogP contribution in [0.15, 0.2) is 30.3 Å².